The smallest absolute Gasteiger partial charge is 0.0786 e. The van der Waals surface area contributed by atoms with Crippen LogP contribution in [0.1, 0.15) is 99.3 Å². The molecule has 2 atom stereocenters. The van der Waals surface area contributed by atoms with Crippen LogP contribution in [0.15, 0.2) is 0 Å². The molecule has 2 nitrogen and oxygen atoms in total. The van der Waals surface area contributed by atoms with E-state index in [0.717, 1.165) is 5.92 Å². The second-order valence-electron chi connectivity index (χ2n) is 8.63. The molecule has 25 heavy (non-hydrogen) atoms. The van der Waals surface area contributed by atoms with E-state index in [9.17, 15) is 0 Å². The van der Waals surface area contributed by atoms with Crippen LogP contribution >= 0.6 is 0 Å². The minimum Gasteiger partial charge on any atom is -0.335 e. The molecule has 0 aromatic rings. The highest BCUT2D eigenvalue weighted by Gasteiger charge is 2.24. The van der Waals surface area contributed by atoms with Crippen molar-refractivity contribution < 1.29 is 9.38 Å². The van der Waals surface area contributed by atoms with Crippen molar-refractivity contribution in [2.24, 2.45) is 5.92 Å². The van der Waals surface area contributed by atoms with Gasteiger partial charge >= 0.3 is 0 Å². The topological polar surface area (TPSA) is 4.44 Å². The second kappa shape index (κ2) is 16.1. The molecular weight excluding hydrogens is 304 g/mol. The minimum atomic E-state index is 0.903. The highest BCUT2D eigenvalue weighted by molar-refractivity contribution is 4.55. The van der Waals surface area contributed by atoms with E-state index in [1.165, 1.54) is 108 Å². The molecule has 0 aromatic carbocycles. The Hall–Kier alpha value is -0.0800. The largest absolute Gasteiger partial charge is 0.335 e. The van der Waals surface area contributed by atoms with E-state index >= 15 is 0 Å². The first kappa shape index (κ1) is 24.9. The lowest BCUT2D eigenvalue weighted by Gasteiger charge is -2.39. The third-order valence-corrected chi connectivity index (χ3v) is 5.90. The summed E-state index contributed by atoms with van der Waals surface area (Å²) in [6.07, 6.45) is 12.4. The van der Waals surface area contributed by atoms with E-state index in [1.807, 2.05) is 4.90 Å². The third-order valence-electron chi connectivity index (χ3n) is 5.90. The summed E-state index contributed by atoms with van der Waals surface area (Å²) in [5.41, 5.74) is 0. The third kappa shape index (κ3) is 12.0. The molecule has 1 N–H and O–H groups in total. The number of quaternary nitrogens is 2. The molecule has 2 heteroatoms. The van der Waals surface area contributed by atoms with Crippen LogP contribution in [0.2, 0.25) is 0 Å². The van der Waals surface area contributed by atoms with Gasteiger partial charge in [0.2, 0.25) is 0 Å². The summed E-state index contributed by atoms with van der Waals surface area (Å²) in [6, 6.07) is 0. The molecule has 0 saturated heterocycles. The standard InChI is InChI=1S/C23H51N2/c1-7-12-17-24(16-8-2)18-15-23(6)14-13-22-25(19-9-3,20-10-4)21-11-5/h23H,7-22H2,1-6H3/q+1/p+1. The van der Waals surface area contributed by atoms with E-state index in [0.29, 0.717) is 0 Å². The van der Waals surface area contributed by atoms with Gasteiger partial charge in [0.15, 0.2) is 0 Å². The predicted molar refractivity (Wildman–Crippen MR) is 114 cm³/mol. The lowest BCUT2D eigenvalue weighted by molar-refractivity contribution is -0.928. The number of hydrogen-bond donors (Lipinski definition) is 1. The molecule has 0 aromatic heterocycles. The van der Waals surface area contributed by atoms with Crippen molar-refractivity contribution in [2.75, 3.05) is 45.8 Å². The quantitative estimate of drug-likeness (QED) is 0.332. The first-order valence-corrected chi connectivity index (χ1v) is 11.8. The molecule has 0 aliphatic rings. The number of rotatable bonds is 18. The van der Waals surface area contributed by atoms with Gasteiger partial charge in [-0.1, -0.05) is 48.0 Å². The molecule has 0 aliphatic carbocycles. The van der Waals surface area contributed by atoms with Crippen LogP contribution in [0.25, 0.3) is 0 Å². The van der Waals surface area contributed by atoms with Crippen molar-refractivity contribution in [1.29, 1.82) is 0 Å². The van der Waals surface area contributed by atoms with Gasteiger partial charge in [-0.3, -0.25) is 0 Å². The normalized spacial score (nSPS) is 14.6. The first-order valence-electron chi connectivity index (χ1n) is 11.8. The SMILES string of the molecule is CCCC[NH+](CCC)CCC(C)CCC[N+](CCC)(CCC)CCC. The van der Waals surface area contributed by atoms with E-state index in [2.05, 4.69) is 41.5 Å². The molecule has 0 rings (SSSR count). The van der Waals surface area contributed by atoms with E-state index in [1.54, 1.807) is 0 Å². The summed E-state index contributed by atoms with van der Waals surface area (Å²) in [7, 11) is 0. The number of nitrogens with one attached hydrogen (secondary N) is 1. The molecule has 0 spiro atoms. The van der Waals surface area contributed by atoms with Crippen LogP contribution in [0.4, 0.5) is 0 Å². The summed E-state index contributed by atoms with van der Waals surface area (Å²) >= 11 is 0. The Balaban J connectivity index is 4.24. The lowest BCUT2D eigenvalue weighted by atomic mass is 10.0. The maximum absolute atomic E-state index is 2.50. The monoisotopic (exact) mass is 356 g/mol. The van der Waals surface area contributed by atoms with Crippen LogP contribution in [-0.2, 0) is 0 Å². The Kier molecular flexibility index (Phi) is 16.1. The zero-order chi connectivity index (χ0) is 19.0. The molecular formula is C23H52N2+2. The van der Waals surface area contributed by atoms with E-state index in [-0.39, 0.29) is 0 Å². The van der Waals surface area contributed by atoms with E-state index < -0.39 is 0 Å². The van der Waals surface area contributed by atoms with Crippen molar-refractivity contribution in [2.45, 2.75) is 99.3 Å². The van der Waals surface area contributed by atoms with Gasteiger partial charge in [-0.25, -0.2) is 0 Å². The zero-order valence-corrected chi connectivity index (χ0v) is 18.8. The molecule has 0 saturated carbocycles. The van der Waals surface area contributed by atoms with Crippen LogP contribution in [0.3, 0.4) is 0 Å². The highest BCUT2D eigenvalue weighted by Crippen LogP contribution is 2.17. The van der Waals surface area contributed by atoms with Gasteiger partial charge in [-0.15, -0.1) is 0 Å². The molecule has 0 radical (unpaired) electrons. The Morgan fingerprint density at radius 3 is 1.68 bits per heavy atom. The molecule has 0 bridgehead atoms. The zero-order valence-electron chi connectivity index (χ0n) is 18.8. The Bertz CT molecular complexity index is 260. The fraction of sp³-hybridized carbons (Fsp3) is 1.00. The van der Waals surface area contributed by atoms with Crippen LogP contribution in [-0.4, -0.2) is 50.3 Å². The van der Waals surface area contributed by atoms with Crippen LogP contribution < -0.4 is 4.90 Å². The van der Waals surface area contributed by atoms with Crippen molar-refractivity contribution >= 4 is 0 Å². The molecule has 0 fully saturated rings. The Morgan fingerprint density at radius 1 is 0.600 bits per heavy atom. The van der Waals surface area contributed by atoms with E-state index in [4.69, 9.17) is 0 Å². The fourth-order valence-corrected chi connectivity index (χ4v) is 4.62. The predicted octanol–water partition coefficient (Wildman–Crippen LogP) is 4.93. The van der Waals surface area contributed by atoms with Gasteiger partial charge in [0.05, 0.1) is 45.8 Å². The van der Waals surface area contributed by atoms with Crippen molar-refractivity contribution in [3.8, 4) is 0 Å². The summed E-state index contributed by atoms with van der Waals surface area (Å²) < 4.78 is 1.39. The van der Waals surface area contributed by atoms with Crippen molar-refractivity contribution in [3.05, 3.63) is 0 Å². The first-order chi connectivity index (χ1) is 12.1. The molecule has 2 unspecified atom stereocenters. The molecule has 0 aliphatic heterocycles. The summed E-state index contributed by atoms with van der Waals surface area (Å²) in [5.74, 6) is 0.903. The number of hydrogen-bond acceptors (Lipinski definition) is 0. The number of nitrogens with zero attached hydrogens (tertiary/aromatic N) is 1. The Morgan fingerprint density at radius 2 is 1.20 bits per heavy atom. The molecule has 152 valence electrons. The van der Waals surface area contributed by atoms with Gasteiger partial charge in [-0.2, -0.15) is 0 Å². The maximum Gasteiger partial charge on any atom is 0.0786 e. The summed E-state index contributed by atoms with van der Waals surface area (Å²) in [5, 5.41) is 0. The average Bonchev–Trinajstić information content (AvgIpc) is 2.58. The van der Waals surface area contributed by atoms with Gasteiger partial charge in [0, 0.05) is 0 Å². The van der Waals surface area contributed by atoms with Gasteiger partial charge in [0.25, 0.3) is 0 Å². The lowest BCUT2D eigenvalue weighted by Crippen LogP contribution is -3.12. The number of unbranched alkanes of at least 4 members (excludes halogenated alkanes) is 1. The molecule has 0 amide bonds. The van der Waals surface area contributed by atoms with Crippen molar-refractivity contribution in [3.63, 3.8) is 0 Å². The minimum absolute atomic E-state index is 0.903. The summed E-state index contributed by atoms with van der Waals surface area (Å²) in [4.78, 5) is 1.85. The van der Waals surface area contributed by atoms with Gasteiger partial charge < -0.3 is 9.38 Å². The van der Waals surface area contributed by atoms with Gasteiger partial charge in [-0.05, 0) is 57.3 Å². The summed E-state index contributed by atoms with van der Waals surface area (Å²) in [6.45, 7) is 24.0. The highest BCUT2D eigenvalue weighted by atomic mass is 15.3. The maximum atomic E-state index is 2.50. The van der Waals surface area contributed by atoms with Gasteiger partial charge in [0.1, 0.15) is 0 Å². The second-order valence-corrected chi connectivity index (χ2v) is 8.63. The van der Waals surface area contributed by atoms with Crippen LogP contribution in [0.5, 0.6) is 0 Å². The average molecular weight is 357 g/mol. The molecule has 0 heterocycles. The van der Waals surface area contributed by atoms with Crippen molar-refractivity contribution in [1.82, 2.24) is 0 Å². The Labute approximate surface area is 160 Å². The van der Waals surface area contributed by atoms with Crippen LogP contribution in [0, 0.1) is 5.92 Å². The fourth-order valence-electron chi connectivity index (χ4n) is 4.62.